The number of hydrogen-bond acceptors (Lipinski definition) is 5. The summed E-state index contributed by atoms with van der Waals surface area (Å²) in [5.41, 5.74) is 0.00841. The maximum absolute atomic E-state index is 12.1. The van der Waals surface area contributed by atoms with Crippen molar-refractivity contribution in [1.29, 1.82) is 0 Å². The fraction of sp³-hybridized carbons (Fsp3) is 0.750. The highest BCUT2D eigenvalue weighted by molar-refractivity contribution is 5.82. The molecule has 1 amide bonds. The maximum atomic E-state index is 12.1. The summed E-state index contributed by atoms with van der Waals surface area (Å²) < 4.78 is 4.64. The molecule has 0 saturated carbocycles. The van der Waals surface area contributed by atoms with Gasteiger partial charge >= 0.3 is 0 Å². The van der Waals surface area contributed by atoms with E-state index < -0.39 is 0 Å². The summed E-state index contributed by atoms with van der Waals surface area (Å²) in [7, 11) is 0. The molecule has 1 unspecified atom stereocenters. The van der Waals surface area contributed by atoms with Crippen LogP contribution in [0.5, 0.6) is 0 Å². The van der Waals surface area contributed by atoms with Crippen LogP contribution in [0, 0.1) is 5.41 Å². The molecule has 6 heteroatoms. The summed E-state index contributed by atoms with van der Waals surface area (Å²) in [4.78, 5) is 16.0. The molecule has 1 aliphatic heterocycles. The van der Waals surface area contributed by atoms with Gasteiger partial charge in [-0.05, 0) is 24.8 Å². The summed E-state index contributed by atoms with van der Waals surface area (Å²) in [6.07, 6.45) is 4.08. The van der Waals surface area contributed by atoms with Crippen LogP contribution < -0.4 is 10.6 Å². The number of carbonyl (C=O) groups is 1. The molecule has 2 heterocycles. The van der Waals surface area contributed by atoms with Crippen LogP contribution in [0.1, 0.15) is 32.5 Å². The van der Waals surface area contributed by atoms with Crippen molar-refractivity contribution in [1.82, 2.24) is 20.8 Å². The molecule has 1 aromatic heterocycles. The minimum atomic E-state index is -0.114. The van der Waals surface area contributed by atoms with Gasteiger partial charge in [0.15, 0.2) is 5.82 Å². The molecule has 6 nitrogen and oxygen atoms in total. The monoisotopic (exact) mass is 252 g/mol. The van der Waals surface area contributed by atoms with Crippen LogP contribution in [-0.2, 0) is 11.2 Å². The van der Waals surface area contributed by atoms with E-state index in [-0.39, 0.29) is 17.4 Å². The van der Waals surface area contributed by atoms with Gasteiger partial charge in [-0.25, -0.2) is 0 Å². The second-order valence-corrected chi connectivity index (χ2v) is 5.37. The molecule has 0 aromatic carbocycles. The van der Waals surface area contributed by atoms with Crippen molar-refractivity contribution in [3.63, 3.8) is 0 Å². The molecule has 1 aliphatic rings. The Morgan fingerprint density at radius 1 is 1.67 bits per heavy atom. The highest BCUT2D eigenvalue weighted by Crippen LogP contribution is 2.29. The molecule has 100 valence electrons. The quantitative estimate of drug-likeness (QED) is 0.816. The van der Waals surface area contributed by atoms with Gasteiger partial charge in [-0.3, -0.25) is 4.79 Å². The molecule has 2 rings (SSSR count). The van der Waals surface area contributed by atoms with Crippen molar-refractivity contribution in [2.75, 3.05) is 13.1 Å². The fourth-order valence-corrected chi connectivity index (χ4v) is 2.36. The zero-order valence-corrected chi connectivity index (χ0v) is 10.9. The van der Waals surface area contributed by atoms with Crippen LogP contribution in [0.3, 0.4) is 0 Å². The third-order valence-electron chi connectivity index (χ3n) is 3.44. The number of nitrogens with one attached hydrogen (secondary N) is 2. The Bertz CT molecular complexity index is 389. The van der Waals surface area contributed by atoms with E-state index >= 15 is 0 Å². The highest BCUT2D eigenvalue weighted by atomic mass is 16.5. The molecule has 0 radical (unpaired) electrons. The van der Waals surface area contributed by atoms with Crippen LogP contribution >= 0.6 is 0 Å². The van der Waals surface area contributed by atoms with E-state index in [1.54, 1.807) is 0 Å². The minimum Gasteiger partial charge on any atom is -0.354 e. The number of hydrogen-bond donors (Lipinski definition) is 2. The SMILES string of the molecule is CC1(C)CCCNC1C(=O)NCCc1ncon1. The summed E-state index contributed by atoms with van der Waals surface area (Å²) in [5.74, 6) is 0.675. The topological polar surface area (TPSA) is 80.0 Å². The zero-order valence-electron chi connectivity index (χ0n) is 10.9. The third kappa shape index (κ3) is 3.07. The molecule has 1 aromatic rings. The van der Waals surface area contributed by atoms with Gasteiger partial charge < -0.3 is 15.2 Å². The molecule has 18 heavy (non-hydrogen) atoms. The van der Waals surface area contributed by atoms with Gasteiger partial charge in [0, 0.05) is 13.0 Å². The Labute approximate surface area is 107 Å². The van der Waals surface area contributed by atoms with Crippen LogP contribution in [0.4, 0.5) is 0 Å². The van der Waals surface area contributed by atoms with E-state index in [1.807, 2.05) is 0 Å². The van der Waals surface area contributed by atoms with Crippen LogP contribution in [0.25, 0.3) is 0 Å². The second kappa shape index (κ2) is 5.48. The molecule has 0 spiro atoms. The lowest BCUT2D eigenvalue weighted by Crippen LogP contribution is -2.55. The third-order valence-corrected chi connectivity index (χ3v) is 3.44. The van der Waals surface area contributed by atoms with Gasteiger partial charge in [0.2, 0.25) is 12.3 Å². The summed E-state index contributed by atoms with van der Waals surface area (Å²) in [5, 5.41) is 9.92. The number of aromatic nitrogens is 2. The molecular formula is C12H20N4O2. The number of rotatable bonds is 4. The Morgan fingerprint density at radius 3 is 3.17 bits per heavy atom. The minimum absolute atomic E-state index is 0.00841. The largest absolute Gasteiger partial charge is 0.354 e. The van der Waals surface area contributed by atoms with E-state index in [4.69, 9.17) is 0 Å². The van der Waals surface area contributed by atoms with Crippen LogP contribution in [0.2, 0.25) is 0 Å². The number of carbonyl (C=O) groups excluding carboxylic acids is 1. The van der Waals surface area contributed by atoms with Crippen molar-refractivity contribution in [3.05, 3.63) is 12.2 Å². The van der Waals surface area contributed by atoms with E-state index in [9.17, 15) is 4.79 Å². The number of nitrogens with zero attached hydrogens (tertiary/aromatic N) is 2. The predicted octanol–water partition coefficient (Wildman–Crippen LogP) is 0.506. The molecule has 0 aliphatic carbocycles. The van der Waals surface area contributed by atoms with Crippen molar-refractivity contribution in [3.8, 4) is 0 Å². The summed E-state index contributed by atoms with van der Waals surface area (Å²) in [6.45, 7) is 5.70. The molecule has 1 atom stereocenters. The van der Waals surface area contributed by atoms with E-state index in [0.717, 1.165) is 19.4 Å². The van der Waals surface area contributed by atoms with Crippen LogP contribution in [0.15, 0.2) is 10.9 Å². The summed E-state index contributed by atoms with van der Waals surface area (Å²) >= 11 is 0. The highest BCUT2D eigenvalue weighted by Gasteiger charge is 2.36. The lowest BCUT2D eigenvalue weighted by molar-refractivity contribution is -0.126. The molecule has 2 N–H and O–H groups in total. The number of piperidine rings is 1. The van der Waals surface area contributed by atoms with Crippen molar-refractivity contribution in [2.45, 2.75) is 39.2 Å². The van der Waals surface area contributed by atoms with E-state index in [1.165, 1.54) is 6.39 Å². The number of amides is 1. The first-order valence-corrected chi connectivity index (χ1v) is 6.36. The first-order chi connectivity index (χ1) is 8.59. The molecular weight excluding hydrogens is 232 g/mol. The van der Waals surface area contributed by atoms with Gasteiger partial charge in [0.05, 0.1) is 6.04 Å². The maximum Gasteiger partial charge on any atom is 0.237 e. The molecule has 1 saturated heterocycles. The normalized spacial score (nSPS) is 22.7. The van der Waals surface area contributed by atoms with Gasteiger partial charge in [-0.15, -0.1) is 0 Å². The van der Waals surface area contributed by atoms with Crippen molar-refractivity contribution in [2.24, 2.45) is 5.41 Å². The Morgan fingerprint density at radius 2 is 2.50 bits per heavy atom. The Balaban J connectivity index is 1.80. The van der Waals surface area contributed by atoms with E-state index in [0.29, 0.717) is 18.8 Å². The van der Waals surface area contributed by atoms with Crippen LogP contribution in [-0.4, -0.2) is 35.2 Å². The van der Waals surface area contributed by atoms with Gasteiger partial charge in [0.25, 0.3) is 0 Å². The average molecular weight is 252 g/mol. The first-order valence-electron chi connectivity index (χ1n) is 6.36. The Kier molecular flexibility index (Phi) is 3.96. The molecule has 0 bridgehead atoms. The van der Waals surface area contributed by atoms with Crippen molar-refractivity contribution < 1.29 is 9.32 Å². The lowest BCUT2D eigenvalue weighted by Gasteiger charge is -2.38. The van der Waals surface area contributed by atoms with E-state index in [2.05, 4.69) is 39.1 Å². The Hall–Kier alpha value is -1.43. The lowest BCUT2D eigenvalue weighted by atomic mass is 9.77. The van der Waals surface area contributed by atoms with Gasteiger partial charge in [0.1, 0.15) is 0 Å². The van der Waals surface area contributed by atoms with Gasteiger partial charge in [-0.1, -0.05) is 19.0 Å². The fourth-order valence-electron chi connectivity index (χ4n) is 2.36. The summed E-state index contributed by atoms with van der Waals surface area (Å²) in [6, 6.07) is -0.114. The van der Waals surface area contributed by atoms with Gasteiger partial charge in [-0.2, -0.15) is 4.98 Å². The predicted molar refractivity (Wildman–Crippen MR) is 65.8 cm³/mol. The standard InChI is InChI=1S/C12H20N4O2/c1-12(2)5-3-6-13-10(12)11(17)14-7-4-9-15-8-18-16-9/h8,10,13H,3-7H2,1-2H3,(H,14,17). The zero-order chi connectivity index (χ0) is 13.0. The smallest absolute Gasteiger partial charge is 0.237 e. The average Bonchev–Trinajstić information content (AvgIpc) is 2.81. The van der Waals surface area contributed by atoms with Crippen molar-refractivity contribution >= 4 is 5.91 Å². The molecule has 1 fully saturated rings. The second-order valence-electron chi connectivity index (χ2n) is 5.37. The first kappa shape index (κ1) is 13.0.